The lowest BCUT2D eigenvalue weighted by molar-refractivity contribution is 0.0974. The number of benzene rings is 2. The van der Waals surface area contributed by atoms with Crippen LogP contribution in [0.25, 0.3) is 10.8 Å². The third kappa shape index (κ3) is 4.26. The van der Waals surface area contributed by atoms with E-state index in [4.69, 9.17) is 9.97 Å². The Morgan fingerprint density at radius 3 is 2.57 bits per heavy atom. The minimum absolute atomic E-state index is 0.0196. The van der Waals surface area contributed by atoms with Crippen LogP contribution in [0.4, 0.5) is 20.3 Å². The number of carbonyl (C=O) groups excluding carboxylic acids is 1. The van der Waals surface area contributed by atoms with Gasteiger partial charge in [0.2, 0.25) is 0 Å². The van der Waals surface area contributed by atoms with Gasteiger partial charge in [0.05, 0.1) is 5.69 Å². The average molecular weight is 593 g/mol. The summed E-state index contributed by atoms with van der Waals surface area (Å²) < 4.78 is 29.5. The highest BCUT2D eigenvalue weighted by Gasteiger charge is 2.44. The zero-order valence-corrected chi connectivity index (χ0v) is 24.2. The number of thioether (sulfide) groups is 1. The van der Waals surface area contributed by atoms with Gasteiger partial charge < -0.3 is 20.2 Å². The standard InChI is InChI=1S/C31H34F2N6O2S/c32-23-6-3-18-13-21(40)14-24(25(18)26(23)33)39-12-7-22-27(29(39)41)35-30(42-17-31-8-1-10-38(31)11-2-9-31)36-28(22)37-15-19-4-5-20(16-37)34-19/h3,6,13-14,19-20,34,40H,1-2,4-5,7-12,15-17H2/t19-,20+. The summed E-state index contributed by atoms with van der Waals surface area (Å²) in [6.45, 7) is 4.20. The lowest BCUT2D eigenvalue weighted by Crippen LogP contribution is -2.52. The number of aromatic nitrogens is 2. The molecule has 0 aliphatic carbocycles. The topological polar surface area (TPSA) is 84.8 Å². The number of phenolic OH excluding ortho intramolecular Hbond substituents is 1. The van der Waals surface area contributed by atoms with Crippen molar-refractivity contribution in [3.63, 3.8) is 0 Å². The number of hydrogen-bond donors (Lipinski definition) is 2. The highest BCUT2D eigenvalue weighted by Crippen LogP contribution is 2.43. The monoisotopic (exact) mass is 592 g/mol. The second-order valence-electron chi connectivity index (χ2n) is 12.5. The second kappa shape index (κ2) is 10.0. The van der Waals surface area contributed by atoms with E-state index in [0.717, 1.165) is 62.2 Å². The van der Waals surface area contributed by atoms with Crippen molar-refractivity contribution in [2.45, 2.75) is 67.7 Å². The van der Waals surface area contributed by atoms with Crippen molar-refractivity contribution in [3.05, 3.63) is 47.2 Å². The molecule has 5 aliphatic heterocycles. The van der Waals surface area contributed by atoms with Crippen LogP contribution in [-0.4, -0.2) is 82.0 Å². The van der Waals surface area contributed by atoms with Crippen LogP contribution in [0.1, 0.15) is 54.6 Å². The predicted octanol–water partition coefficient (Wildman–Crippen LogP) is 4.48. The van der Waals surface area contributed by atoms with Gasteiger partial charge in [-0.05, 0) is 75.6 Å². The number of rotatable bonds is 5. The van der Waals surface area contributed by atoms with Crippen LogP contribution >= 0.6 is 11.8 Å². The highest BCUT2D eigenvalue weighted by molar-refractivity contribution is 7.99. The summed E-state index contributed by atoms with van der Waals surface area (Å²) in [5.41, 5.74) is 1.47. The summed E-state index contributed by atoms with van der Waals surface area (Å²) in [6.07, 6.45) is 7.52. The van der Waals surface area contributed by atoms with E-state index in [2.05, 4.69) is 15.1 Å². The summed E-state index contributed by atoms with van der Waals surface area (Å²) in [5, 5.41) is 15.0. The summed E-state index contributed by atoms with van der Waals surface area (Å²) in [4.78, 5) is 30.6. The number of nitrogens with zero attached hydrogens (tertiary/aromatic N) is 5. The Labute approximate surface area is 247 Å². The molecule has 8 rings (SSSR count). The first-order valence-corrected chi connectivity index (χ1v) is 16.1. The molecular formula is C31H34F2N6O2S. The molecule has 11 heteroatoms. The molecule has 1 amide bonds. The maximum Gasteiger partial charge on any atom is 0.277 e. The minimum Gasteiger partial charge on any atom is -0.508 e. The average Bonchev–Trinajstić information content (AvgIpc) is 3.67. The van der Waals surface area contributed by atoms with Crippen molar-refractivity contribution in [1.29, 1.82) is 0 Å². The van der Waals surface area contributed by atoms with Gasteiger partial charge in [-0.3, -0.25) is 9.69 Å². The van der Waals surface area contributed by atoms with Gasteiger partial charge in [0, 0.05) is 60.0 Å². The van der Waals surface area contributed by atoms with Crippen molar-refractivity contribution in [3.8, 4) is 5.75 Å². The van der Waals surface area contributed by atoms with Crippen LogP contribution in [-0.2, 0) is 6.42 Å². The number of nitrogens with one attached hydrogen (secondary N) is 1. The molecule has 2 bridgehead atoms. The lowest BCUT2D eigenvalue weighted by Gasteiger charge is -2.37. The first-order valence-electron chi connectivity index (χ1n) is 15.1. The molecule has 2 N–H and O–H groups in total. The molecule has 2 atom stereocenters. The number of aromatic hydroxyl groups is 1. The Morgan fingerprint density at radius 2 is 1.81 bits per heavy atom. The maximum absolute atomic E-state index is 15.1. The molecule has 3 aromatic rings. The molecular weight excluding hydrogens is 558 g/mol. The van der Waals surface area contributed by atoms with Crippen LogP contribution in [0, 0.1) is 11.6 Å². The Hall–Kier alpha value is -3.02. The Balaban J connectivity index is 1.20. The van der Waals surface area contributed by atoms with Gasteiger partial charge in [0.25, 0.3) is 5.91 Å². The molecule has 5 aliphatic rings. The SMILES string of the molecule is O=C1c2nc(SCC34CCCN3CCC4)nc(N3C[C@H]4CC[C@@H](C3)N4)c2CCN1c1cc(O)cc2ccc(F)c(F)c12. The van der Waals surface area contributed by atoms with E-state index in [1.54, 1.807) is 11.8 Å². The highest BCUT2D eigenvalue weighted by atomic mass is 32.2. The molecule has 6 heterocycles. The number of amides is 1. The molecule has 0 radical (unpaired) electrons. The summed E-state index contributed by atoms with van der Waals surface area (Å²) in [7, 11) is 0. The number of hydrogen-bond acceptors (Lipinski definition) is 8. The van der Waals surface area contributed by atoms with Gasteiger partial charge in [-0.25, -0.2) is 18.7 Å². The zero-order valence-electron chi connectivity index (χ0n) is 23.4. The first kappa shape index (κ1) is 26.6. The molecule has 0 spiro atoms. The lowest BCUT2D eigenvalue weighted by atomic mass is 9.97. The Morgan fingerprint density at radius 1 is 1.05 bits per heavy atom. The van der Waals surface area contributed by atoms with Crippen LogP contribution in [0.5, 0.6) is 5.75 Å². The van der Waals surface area contributed by atoms with Crippen molar-refractivity contribution in [2.24, 2.45) is 0 Å². The van der Waals surface area contributed by atoms with E-state index in [1.807, 2.05) is 0 Å². The van der Waals surface area contributed by atoms with Crippen LogP contribution in [0.3, 0.4) is 0 Å². The minimum atomic E-state index is -1.03. The normalized spacial score (nSPS) is 25.0. The van der Waals surface area contributed by atoms with Crippen LogP contribution in [0.15, 0.2) is 29.4 Å². The largest absolute Gasteiger partial charge is 0.508 e. The van der Waals surface area contributed by atoms with Gasteiger partial charge in [-0.15, -0.1) is 0 Å². The van der Waals surface area contributed by atoms with Crippen LogP contribution in [0.2, 0.25) is 0 Å². The molecule has 2 aromatic carbocycles. The number of phenols is 1. The molecule has 42 heavy (non-hydrogen) atoms. The summed E-state index contributed by atoms with van der Waals surface area (Å²) in [6, 6.07) is 5.98. The number of carbonyl (C=O) groups is 1. The van der Waals surface area contributed by atoms with Gasteiger partial charge in [-0.2, -0.15) is 0 Å². The maximum atomic E-state index is 15.1. The van der Waals surface area contributed by atoms with E-state index in [1.165, 1.54) is 48.8 Å². The molecule has 0 saturated carbocycles. The fourth-order valence-corrected chi connectivity index (χ4v) is 9.25. The third-order valence-electron chi connectivity index (χ3n) is 10.1. The van der Waals surface area contributed by atoms with Gasteiger partial charge in [-0.1, -0.05) is 17.8 Å². The van der Waals surface area contributed by atoms with Gasteiger partial charge in [0.1, 0.15) is 17.3 Å². The molecule has 1 aromatic heterocycles. The molecule has 8 nitrogen and oxygen atoms in total. The predicted molar refractivity (Wildman–Crippen MR) is 159 cm³/mol. The molecule has 0 unspecified atom stereocenters. The van der Waals surface area contributed by atoms with Gasteiger partial charge >= 0.3 is 0 Å². The second-order valence-corrected chi connectivity index (χ2v) is 13.5. The zero-order chi connectivity index (χ0) is 28.6. The quantitative estimate of drug-likeness (QED) is 0.332. The molecule has 4 saturated heterocycles. The van der Waals surface area contributed by atoms with E-state index in [9.17, 15) is 14.3 Å². The number of piperazine rings is 1. The third-order valence-corrected chi connectivity index (χ3v) is 11.2. The van der Waals surface area contributed by atoms with Gasteiger partial charge in [0.15, 0.2) is 16.8 Å². The first-order chi connectivity index (χ1) is 20.4. The Kier molecular flexibility index (Phi) is 6.35. The summed E-state index contributed by atoms with van der Waals surface area (Å²) in [5.74, 6) is -0.805. The molecule has 220 valence electrons. The van der Waals surface area contributed by atoms with E-state index in [0.29, 0.717) is 34.7 Å². The number of halogens is 2. The van der Waals surface area contributed by atoms with E-state index < -0.39 is 11.6 Å². The number of anilines is 2. The fraction of sp³-hybridized carbons (Fsp3) is 0.516. The van der Waals surface area contributed by atoms with Crippen molar-refractivity contribution in [1.82, 2.24) is 20.2 Å². The van der Waals surface area contributed by atoms with Crippen molar-refractivity contribution < 1.29 is 18.7 Å². The van der Waals surface area contributed by atoms with E-state index in [-0.39, 0.29) is 34.8 Å². The summed E-state index contributed by atoms with van der Waals surface area (Å²) >= 11 is 1.64. The smallest absolute Gasteiger partial charge is 0.277 e. The Bertz CT molecular complexity index is 1580. The van der Waals surface area contributed by atoms with Crippen LogP contribution < -0.4 is 15.1 Å². The fourth-order valence-electron chi connectivity index (χ4n) is 8.07. The van der Waals surface area contributed by atoms with E-state index >= 15 is 4.39 Å². The molecule has 4 fully saturated rings. The van der Waals surface area contributed by atoms with Crippen molar-refractivity contribution in [2.75, 3.05) is 48.3 Å². The number of fused-ring (bicyclic) bond motifs is 5. The van der Waals surface area contributed by atoms with Crippen molar-refractivity contribution >= 4 is 39.9 Å².